The van der Waals surface area contributed by atoms with E-state index in [0.29, 0.717) is 22.3 Å². The minimum atomic E-state index is -0.218. The summed E-state index contributed by atoms with van der Waals surface area (Å²) in [5, 5.41) is 3.66. The molecule has 1 aliphatic rings. The highest BCUT2D eigenvalue weighted by Crippen LogP contribution is 2.40. The van der Waals surface area contributed by atoms with E-state index in [1.807, 2.05) is 18.2 Å². The van der Waals surface area contributed by atoms with Crippen LogP contribution in [0.3, 0.4) is 0 Å². The summed E-state index contributed by atoms with van der Waals surface area (Å²) >= 11 is 6.35. The summed E-state index contributed by atoms with van der Waals surface area (Å²) in [4.78, 5) is 15.7. The molecule has 1 N–H and O–H groups in total. The van der Waals surface area contributed by atoms with Crippen LogP contribution in [-0.2, 0) is 0 Å². The molecule has 0 radical (unpaired) electrons. The average Bonchev–Trinajstić information content (AvgIpc) is 2.69. The number of rotatable bonds is 5. The number of hydrogen-bond acceptors (Lipinski definition) is 3. The fourth-order valence-corrected chi connectivity index (χ4v) is 4.45. The Bertz CT molecular complexity index is 827. The number of carbonyl (C=O) groups is 1. The monoisotopic (exact) mass is 400 g/mol. The lowest BCUT2D eigenvalue weighted by Gasteiger charge is -2.50. The zero-order valence-corrected chi connectivity index (χ0v) is 17.8. The molecule has 5 heteroatoms. The molecule has 2 aromatic rings. The van der Waals surface area contributed by atoms with E-state index in [9.17, 15) is 4.79 Å². The molecule has 1 aliphatic heterocycles. The second-order valence-electron chi connectivity index (χ2n) is 8.02. The van der Waals surface area contributed by atoms with Gasteiger partial charge in [0.1, 0.15) is 5.75 Å². The van der Waals surface area contributed by atoms with Gasteiger partial charge in [0.15, 0.2) is 0 Å². The molecule has 3 unspecified atom stereocenters. The summed E-state index contributed by atoms with van der Waals surface area (Å²) < 4.78 is 5.38. The average molecular weight is 401 g/mol. The van der Waals surface area contributed by atoms with Gasteiger partial charge in [0.25, 0.3) is 5.91 Å². The number of carbonyl (C=O) groups excluding carboxylic acids is 1. The van der Waals surface area contributed by atoms with E-state index in [2.05, 4.69) is 43.2 Å². The third-order valence-corrected chi connectivity index (χ3v) is 6.37. The fourth-order valence-electron chi connectivity index (χ4n) is 4.20. The zero-order valence-electron chi connectivity index (χ0n) is 17.0. The van der Waals surface area contributed by atoms with Crippen molar-refractivity contribution < 1.29 is 9.53 Å². The highest BCUT2D eigenvalue weighted by molar-refractivity contribution is 6.34. The fraction of sp³-hybridized carbons (Fsp3) is 0.435. The third-order valence-electron chi connectivity index (χ3n) is 6.05. The maximum Gasteiger partial charge on any atom is 0.257 e. The van der Waals surface area contributed by atoms with Gasteiger partial charge in [-0.1, -0.05) is 54.9 Å². The van der Waals surface area contributed by atoms with Gasteiger partial charge in [-0.05, 0) is 50.4 Å². The molecule has 1 heterocycles. The first-order valence-electron chi connectivity index (χ1n) is 9.76. The SMILES string of the molecule is COc1cccc(Cl)c1C(=O)NC(c1ccccc1)C1(C)CCC(C)CN1C. The number of nitrogens with one attached hydrogen (secondary N) is 1. The number of methoxy groups -OCH3 is 1. The van der Waals surface area contributed by atoms with E-state index in [-0.39, 0.29) is 17.5 Å². The molecule has 1 fully saturated rings. The second kappa shape index (κ2) is 8.54. The summed E-state index contributed by atoms with van der Waals surface area (Å²) in [6.45, 7) is 5.52. The van der Waals surface area contributed by atoms with Gasteiger partial charge in [0, 0.05) is 12.1 Å². The molecule has 3 atom stereocenters. The Labute approximate surface area is 172 Å². The Morgan fingerprint density at radius 1 is 1.25 bits per heavy atom. The van der Waals surface area contributed by atoms with E-state index in [1.54, 1.807) is 25.3 Å². The Hall–Kier alpha value is -2.04. The summed E-state index contributed by atoms with van der Waals surface area (Å²) in [5.74, 6) is 0.908. The van der Waals surface area contributed by atoms with Gasteiger partial charge in [0.2, 0.25) is 0 Å². The quantitative estimate of drug-likeness (QED) is 0.772. The summed E-state index contributed by atoms with van der Waals surface area (Å²) in [6, 6.07) is 15.3. The van der Waals surface area contributed by atoms with Crippen molar-refractivity contribution in [1.82, 2.24) is 10.2 Å². The van der Waals surface area contributed by atoms with Crippen LogP contribution in [0.1, 0.15) is 48.7 Å². The van der Waals surface area contributed by atoms with Crippen LogP contribution < -0.4 is 10.1 Å². The number of ether oxygens (including phenoxy) is 1. The highest BCUT2D eigenvalue weighted by atomic mass is 35.5. The molecule has 0 bridgehead atoms. The number of hydrogen-bond donors (Lipinski definition) is 1. The van der Waals surface area contributed by atoms with Crippen molar-refractivity contribution in [3.63, 3.8) is 0 Å². The van der Waals surface area contributed by atoms with E-state index in [1.165, 1.54) is 0 Å². The summed E-state index contributed by atoms with van der Waals surface area (Å²) in [5.41, 5.74) is 1.27. The van der Waals surface area contributed by atoms with Crippen LogP contribution >= 0.6 is 11.6 Å². The lowest BCUT2D eigenvalue weighted by Crippen LogP contribution is -2.57. The van der Waals surface area contributed by atoms with Crippen LogP contribution in [0.5, 0.6) is 5.75 Å². The Kier molecular flexibility index (Phi) is 6.31. The number of amides is 1. The number of nitrogens with zero attached hydrogens (tertiary/aromatic N) is 1. The lowest BCUT2D eigenvalue weighted by atomic mass is 9.76. The van der Waals surface area contributed by atoms with Crippen LogP contribution in [0.4, 0.5) is 0 Å². The Morgan fingerprint density at radius 2 is 1.96 bits per heavy atom. The first kappa shape index (κ1) is 20.7. The van der Waals surface area contributed by atoms with E-state index in [0.717, 1.165) is 24.9 Å². The van der Waals surface area contributed by atoms with Crippen LogP contribution in [-0.4, -0.2) is 37.0 Å². The van der Waals surface area contributed by atoms with E-state index in [4.69, 9.17) is 16.3 Å². The van der Waals surface area contributed by atoms with Gasteiger partial charge < -0.3 is 10.1 Å². The van der Waals surface area contributed by atoms with Crippen molar-refractivity contribution in [3.8, 4) is 5.75 Å². The molecule has 3 rings (SSSR count). The standard InChI is InChI=1S/C23H29ClN2O2/c1-16-13-14-23(2,26(3)15-16)21(17-9-6-5-7-10-17)25-22(27)20-18(24)11-8-12-19(20)28-4/h5-12,16,21H,13-15H2,1-4H3,(H,25,27). The lowest BCUT2D eigenvalue weighted by molar-refractivity contribution is 0.0276. The molecule has 150 valence electrons. The molecular weight excluding hydrogens is 372 g/mol. The Morgan fingerprint density at radius 3 is 2.61 bits per heavy atom. The predicted octanol–water partition coefficient (Wildman–Crippen LogP) is 4.94. The smallest absolute Gasteiger partial charge is 0.257 e. The highest BCUT2D eigenvalue weighted by Gasteiger charge is 2.43. The zero-order chi connectivity index (χ0) is 20.3. The van der Waals surface area contributed by atoms with Crippen molar-refractivity contribution >= 4 is 17.5 Å². The van der Waals surface area contributed by atoms with Crippen molar-refractivity contribution in [3.05, 3.63) is 64.7 Å². The van der Waals surface area contributed by atoms with Crippen LogP contribution in [0.15, 0.2) is 48.5 Å². The van der Waals surface area contributed by atoms with Crippen molar-refractivity contribution in [2.45, 2.75) is 38.3 Å². The van der Waals surface area contributed by atoms with Gasteiger partial charge in [0.05, 0.1) is 23.7 Å². The maximum atomic E-state index is 13.3. The van der Waals surface area contributed by atoms with E-state index < -0.39 is 0 Å². The van der Waals surface area contributed by atoms with Gasteiger partial charge in [-0.2, -0.15) is 0 Å². The van der Waals surface area contributed by atoms with Gasteiger partial charge in [-0.25, -0.2) is 0 Å². The molecular formula is C23H29ClN2O2. The van der Waals surface area contributed by atoms with Gasteiger partial charge in [-0.3, -0.25) is 9.69 Å². The molecule has 0 spiro atoms. The van der Waals surface area contributed by atoms with Gasteiger partial charge in [-0.15, -0.1) is 0 Å². The first-order chi connectivity index (χ1) is 13.4. The molecule has 2 aromatic carbocycles. The topological polar surface area (TPSA) is 41.6 Å². The van der Waals surface area contributed by atoms with Crippen molar-refractivity contribution in [1.29, 1.82) is 0 Å². The first-order valence-corrected chi connectivity index (χ1v) is 10.1. The third kappa shape index (κ3) is 4.03. The van der Waals surface area contributed by atoms with Crippen LogP contribution in [0.25, 0.3) is 0 Å². The van der Waals surface area contributed by atoms with Crippen LogP contribution in [0.2, 0.25) is 5.02 Å². The minimum Gasteiger partial charge on any atom is -0.496 e. The predicted molar refractivity (Wildman–Crippen MR) is 114 cm³/mol. The van der Waals surface area contributed by atoms with Crippen molar-refractivity contribution in [2.24, 2.45) is 5.92 Å². The minimum absolute atomic E-state index is 0.167. The molecule has 0 aliphatic carbocycles. The normalized spacial score (nSPS) is 23.8. The maximum absolute atomic E-state index is 13.3. The number of likely N-dealkylation sites (tertiary alicyclic amines) is 1. The molecule has 1 saturated heterocycles. The molecule has 28 heavy (non-hydrogen) atoms. The second-order valence-corrected chi connectivity index (χ2v) is 8.42. The number of benzene rings is 2. The summed E-state index contributed by atoms with van der Waals surface area (Å²) in [7, 11) is 3.70. The van der Waals surface area contributed by atoms with Crippen LogP contribution in [0, 0.1) is 5.92 Å². The van der Waals surface area contributed by atoms with Gasteiger partial charge >= 0.3 is 0 Å². The Balaban J connectivity index is 1.99. The van der Waals surface area contributed by atoms with Crippen molar-refractivity contribution in [2.75, 3.05) is 20.7 Å². The van der Waals surface area contributed by atoms with E-state index >= 15 is 0 Å². The number of halogens is 1. The number of piperidine rings is 1. The molecule has 1 amide bonds. The largest absolute Gasteiger partial charge is 0.496 e. The molecule has 4 nitrogen and oxygen atoms in total. The number of likely N-dealkylation sites (N-methyl/N-ethyl adjacent to an activating group) is 1. The summed E-state index contributed by atoms with van der Waals surface area (Å²) in [6.07, 6.45) is 2.14. The molecule has 0 aromatic heterocycles. The molecule has 0 saturated carbocycles.